The molecule has 2 rings (SSSR count). The minimum absolute atomic E-state index is 0.0941. The number of methoxy groups -OCH3 is 1. The molecule has 0 amide bonds. The van der Waals surface area contributed by atoms with Gasteiger partial charge in [-0.25, -0.2) is 0 Å². The summed E-state index contributed by atoms with van der Waals surface area (Å²) in [5.41, 5.74) is 1.26. The first-order chi connectivity index (χ1) is 8.98. The second-order valence-corrected chi connectivity index (χ2v) is 6.33. The highest BCUT2D eigenvalue weighted by atomic mass is 16.5. The van der Waals surface area contributed by atoms with Crippen molar-refractivity contribution in [3.8, 4) is 11.5 Å². The van der Waals surface area contributed by atoms with Gasteiger partial charge in [0.1, 0.15) is 11.5 Å². The van der Waals surface area contributed by atoms with Crippen molar-refractivity contribution in [1.29, 1.82) is 0 Å². The molecule has 3 heteroatoms. The molecule has 0 spiro atoms. The molecule has 0 heterocycles. The van der Waals surface area contributed by atoms with E-state index in [1.165, 1.54) is 12.8 Å². The highest BCUT2D eigenvalue weighted by Gasteiger charge is 2.22. The van der Waals surface area contributed by atoms with Crippen LogP contribution in [0.1, 0.15) is 39.2 Å². The van der Waals surface area contributed by atoms with Crippen molar-refractivity contribution < 1.29 is 9.47 Å². The molecule has 1 N–H and O–H groups in total. The van der Waals surface area contributed by atoms with Crippen LogP contribution in [0.2, 0.25) is 0 Å². The number of ether oxygens (including phenoxy) is 2. The van der Waals surface area contributed by atoms with Gasteiger partial charge in [0.05, 0.1) is 13.7 Å². The van der Waals surface area contributed by atoms with Crippen LogP contribution in [0, 0.1) is 5.92 Å². The summed E-state index contributed by atoms with van der Waals surface area (Å²) in [4.78, 5) is 0. The van der Waals surface area contributed by atoms with Crippen LogP contribution in [-0.2, 0) is 6.54 Å². The molecular weight excluding hydrogens is 238 g/mol. The predicted octanol–water partition coefficient (Wildman–Crippen LogP) is 3.37. The van der Waals surface area contributed by atoms with Crippen LogP contribution in [0.15, 0.2) is 18.2 Å². The van der Waals surface area contributed by atoms with Crippen molar-refractivity contribution >= 4 is 0 Å². The summed E-state index contributed by atoms with van der Waals surface area (Å²) in [6.07, 6.45) is 2.62. The summed E-state index contributed by atoms with van der Waals surface area (Å²) in [7, 11) is 1.70. The quantitative estimate of drug-likeness (QED) is 0.853. The van der Waals surface area contributed by atoms with Crippen LogP contribution < -0.4 is 14.8 Å². The van der Waals surface area contributed by atoms with Crippen molar-refractivity contribution in [1.82, 2.24) is 5.32 Å². The lowest BCUT2D eigenvalue weighted by molar-refractivity contribution is 0.293. The van der Waals surface area contributed by atoms with E-state index >= 15 is 0 Å². The number of nitrogens with one attached hydrogen (secondary N) is 1. The summed E-state index contributed by atoms with van der Waals surface area (Å²) in [5.74, 6) is 2.62. The molecule has 106 valence electrons. The lowest BCUT2D eigenvalue weighted by Crippen LogP contribution is -2.35. The van der Waals surface area contributed by atoms with E-state index in [0.717, 1.165) is 36.1 Å². The van der Waals surface area contributed by atoms with Gasteiger partial charge in [-0.1, -0.05) is 0 Å². The van der Waals surface area contributed by atoms with Gasteiger partial charge in [0.15, 0.2) is 0 Å². The highest BCUT2D eigenvalue weighted by molar-refractivity contribution is 5.40. The maximum atomic E-state index is 5.93. The van der Waals surface area contributed by atoms with Gasteiger partial charge < -0.3 is 14.8 Å². The van der Waals surface area contributed by atoms with Gasteiger partial charge in [-0.2, -0.15) is 0 Å². The summed E-state index contributed by atoms with van der Waals surface area (Å²) >= 11 is 0. The molecule has 1 saturated carbocycles. The Labute approximate surface area is 116 Å². The van der Waals surface area contributed by atoms with Gasteiger partial charge in [0, 0.05) is 17.6 Å². The third-order valence-electron chi connectivity index (χ3n) is 3.25. The summed E-state index contributed by atoms with van der Waals surface area (Å²) in [6.45, 7) is 8.13. The SMILES string of the molecule is COc1ccc(OCC2CC2)c(CNC(C)(C)C)c1. The van der Waals surface area contributed by atoms with Crippen molar-refractivity contribution in [3.05, 3.63) is 23.8 Å². The molecule has 0 unspecified atom stereocenters. The minimum atomic E-state index is 0.0941. The van der Waals surface area contributed by atoms with Gasteiger partial charge in [-0.15, -0.1) is 0 Å². The first-order valence-electron chi connectivity index (χ1n) is 7.03. The Kier molecular flexibility index (Phi) is 4.35. The third-order valence-corrected chi connectivity index (χ3v) is 3.25. The number of benzene rings is 1. The minimum Gasteiger partial charge on any atom is -0.497 e. The molecule has 1 aromatic carbocycles. The van der Waals surface area contributed by atoms with E-state index in [1.54, 1.807) is 7.11 Å². The molecule has 0 aliphatic heterocycles. The zero-order chi connectivity index (χ0) is 13.9. The Balaban J connectivity index is 2.05. The molecule has 1 aliphatic carbocycles. The standard InChI is InChI=1S/C16H25NO2/c1-16(2,3)17-10-13-9-14(18-4)7-8-15(13)19-11-12-5-6-12/h7-9,12,17H,5-6,10-11H2,1-4H3. The van der Waals surface area contributed by atoms with Crippen molar-refractivity contribution in [2.45, 2.75) is 45.7 Å². The van der Waals surface area contributed by atoms with Crippen LogP contribution >= 0.6 is 0 Å². The van der Waals surface area contributed by atoms with E-state index in [9.17, 15) is 0 Å². The van der Waals surface area contributed by atoms with E-state index in [-0.39, 0.29) is 5.54 Å². The van der Waals surface area contributed by atoms with Gasteiger partial charge >= 0.3 is 0 Å². The van der Waals surface area contributed by atoms with Gasteiger partial charge in [0.25, 0.3) is 0 Å². The Morgan fingerprint density at radius 2 is 2.00 bits per heavy atom. The Morgan fingerprint density at radius 3 is 2.58 bits per heavy atom. The average molecular weight is 263 g/mol. The van der Waals surface area contributed by atoms with E-state index < -0.39 is 0 Å². The van der Waals surface area contributed by atoms with Crippen molar-refractivity contribution in [2.75, 3.05) is 13.7 Å². The molecule has 0 radical (unpaired) electrons. The average Bonchev–Trinajstić information content (AvgIpc) is 3.17. The molecule has 3 nitrogen and oxygen atoms in total. The Hall–Kier alpha value is -1.22. The molecular formula is C16H25NO2. The highest BCUT2D eigenvalue weighted by Crippen LogP contribution is 2.31. The molecule has 1 fully saturated rings. The molecule has 0 saturated heterocycles. The zero-order valence-electron chi connectivity index (χ0n) is 12.5. The summed E-state index contributed by atoms with van der Waals surface area (Å²) in [5, 5.41) is 3.50. The topological polar surface area (TPSA) is 30.5 Å². The molecule has 19 heavy (non-hydrogen) atoms. The number of hydrogen-bond acceptors (Lipinski definition) is 3. The first kappa shape index (κ1) is 14.2. The second kappa shape index (κ2) is 5.83. The van der Waals surface area contributed by atoms with E-state index in [0.29, 0.717) is 0 Å². The maximum Gasteiger partial charge on any atom is 0.124 e. The van der Waals surface area contributed by atoms with E-state index in [2.05, 4.69) is 32.2 Å². The molecule has 0 aromatic heterocycles. The van der Waals surface area contributed by atoms with Crippen LogP contribution in [-0.4, -0.2) is 19.3 Å². The van der Waals surface area contributed by atoms with E-state index in [4.69, 9.17) is 9.47 Å². The van der Waals surface area contributed by atoms with E-state index in [1.807, 2.05) is 12.1 Å². The zero-order valence-corrected chi connectivity index (χ0v) is 12.5. The molecule has 0 bridgehead atoms. The monoisotopic (exact) mass is 263 g/mol. The fraction of sp³-hybridized carbons (Fsp3) is 0.625. The van der Waals surface area contributed by atoms with Crippen molar-refractivity contribution in [3.63, 3.8) is 0 Å². The fourth-order valence-electron chi connectivity index (χ4n) is 1.81. The number of rotatable bonds is 6. The lowest BCUT2D eigenvalue weighted by Gasteiger charge is -2.22. The molecule has 1 aromatic rings. The summed E-state index contributed by atoms with van der Waals surface area (Å²) in [6, 6.07) is 6.03. The Bertz CT molecular complexity index is 419. The van der Waals surface area contributed by atoms with Gasteiger partial charge in [-0.05, 0) is 57.7 Å². The van der Waals surface area contributed by atoms with Crippen LogP contribution in [0.3, 0.4) is 0 Å². The maximum absolute atomic E-state index is 5.93. The first-order valence-corrected chi connectivity index (χ1v) is 7.03. The van der Waals surface area contributed by atoms with Crippen molar-refractivity contribution in [2.24, 2.45) is 5.92 Å². The van der Waals surface area contributed by atoms with Gasteiger partial charge in [0.2, 0.25) is 0 Å². The molecule has 1 aliphatic rings. The molecule has 0 atom stereocenters. The predicted molar refractivity (Wildman–Crippen MR) is 77.8 cm³/mol. The largest absolute Gasteiger partial charge is 0.497 e. The number of hydrogen-bond donors (Lipinski definition) is 1. The summed E-state index contributed by atoms with van der Waals surface area (Å²) < 4.78 is 11.2. The second-order valence-electron chi connectivity index (χ2n) is 6.33. The lowest BCUT2D eigenvalue weighted by atomic mass is 10.1. The third kappa shape index (κ3) is 4.75. The smallest absolute Gasteiger partial charge is 0.124 e. The van der Waals surface area contributed by atoms with Crippen LogP contribution in [0.5, 0.6) is 11.5 Å². The fourth-order valence-corrected chi connectivity index (χ4v) is 1.81. The normalized spacial score (nSPS) is 15.4. The Morgan fingerprint density at radius 1 is 1.26 bits per heavy atom. The van der Waals surface area contributed by atoms with Crippen LogP contribution in [0.4, 0.5) is 0 Å². The van der Waals surface area contributed by atoms with Crippen LogP contribution in [0.25, 0.3) is 0 Å². The van der Waals surface area contributed by atoms with Gasteiger partial charge in [-0.3, -0.25) is 0 Å².